The highest BCUT2D eigenvalue weighted by molar-refractivity contribution is 8.13. The zero-order valence-corrected chi connectivity index (χ0v) is 13.1. The Morgan fingerprint density at radius 2 is 1.48 bits per heavy atom. The van der Waals surface area contributed by atoms with Crippen molar-refractivity contribution in [1.29, 1.82) is 0 Å². The molecule has 0 aliphatic carbocycles. The number of alkyl halides is 10. The summed E-state index contributed by atoms with van der Waals surface area (Å²) in [7, 11) is 0. The smallest absolute Gasteiger partial charge is 0.287 e. The standard InChI is InChI=1S/C11H12ClF9OS/c1-2-3-7(22)23-5-6(12)4-8(13,14)9(15,16)10(17,18)11(19,20)21/h6H,2-5H2,1H3. The molecule has 1 unspecified atom stereocenters. The topological polar surface area (TPSA) is 17.1 Å². The molecule has 12 heteroatoms. The molecule has 23 heavy (non-hydrogen) atoms. The molecule has 0 bridgehead atoms. The van der Waals surface area contributed by atoms with E-state index in [-0.39, 0.29) is 6.42 Å². The molecule has 0 saturated heterocycles. The molecular weight excluding hydrogens is 387 g/mol. The largest absolute Gasteiger partial charge is 0.460 e. The summed E-state index contributed by atoms with van der Waals surface area (Å²) in [5.41, 5.74) is 0. The van der Waals surface area contributed by atoms with Crippen LogP contribution in [0.25, 0.3) is 0 Å². The van der Waals surface area contributed by atoms with Gasteiger partial charge in [0.15, 0.2) is 5.12 Å². The van der Waals surface area contributed by atoms with Gasteiger partial charge in [-0.1, -0.05) is 18.7 Å². The summed E-state index contributed by atoms with van der Waals surface area (Å²) < 4.78 is 113. The Balaban J connectivity index is 5.00. The molecule has 138 valence electrons. The van der Waals surface area contributed by atoms with Gasteiger partial charge < -0.3 is 0 Å². The van der Waals surface area contributed by atoms with Gasteiger partial charge >= 0.3 is 23.9 Å². The Labute approximate surface area is 134 Å². The lowest BCUT2D eigenvalue weighted by atomic mass is 10.00. The molecule has 0 aliphatic heterocycles. The number of hydrogen-bond donors (Lipinski definition) is 0. The third kappa shape index (κ3) is 5.33. The summed E-state index contributed by atoms with van der Waals surface area (Å²) in [6.07, 6.45) is -8.52. The first kappa shape index (κ1) is 22.7. The van der Waals surface area contributed by atoms with Gasteiger partial charge in [-0.05, 0) is 6.42 Å². The number of thioether (sulfide) groups is 1. The molecule has 0 fully saturated rings. The SMILES string of the molecule is CCCC(=O)SCC(Cl)CC(F)(F)C(F)(F)C(F)(F)C(F)(F)F. The Bertz CT molecular complexity index is 411. The van der Waals surface area contributed by atoms with Crippen molar-refractivity contribution >= 4 is 28.5 Å². The molecule has 0 aromatic rings. The van der Waals surface area contributed by atoms with Gasteiger partial charge in [-0.3, -0.25) is 4.79 Å². The lowest BCUT2D eigenvalue weighted by Gasteiger charge is -2.34. The predicted molar refractivity (Wildman–Crippen MR) is 67.5 cm³/mol. The number of halogens is 10. The van der Waals surface area contributed by atoms with Crippen LogP contribution < -0.4 is 0 Å². The van der Waals surface area contributed by atoms with Crippen LogP contribution in [-0.4, -0.2) is 40.2 Å². The van der Waals surface area contributed by atoms with Crippen molar-refractivity contribution in [3.05, 3.63) is 0 Å². The molecule has 0 spiro atoms. The van der Waals surface area contributed by atoms with E-state index in [9.17, 15) is 44.3 Å². The number of carbonyl (C=O) groups excluding carboxylic acids is 1. The Morgan fingerprint density at radius 1 is 1.00 bits per heavy atom. The number of rotatable bonds is 8. The fraction of sp³-hybridized carbons (Fsp3) is 0.909. The van der Waals surface area contributed by atoms with E-state index in [0.29, 0.717) is 18.2 Å². The van der Waals surface area contributed by atoms with E-state index < -0.39 is 46.6 Å². The summed E-state index contributed by atoms with van der Waals surface area (Å²) in [5.74, 6) is -19.9. The summed E-state index contributed by atoms with van der Waals surface area (Å²) in [5, 5.41) is -2.39. The summed E-state index contributed by atoms with van der Waals surface area (Å²) in [6, 6.07) is 0. The molecule has 0 aromatic heterocycles. The normalized spacial score (nSPS) is 15.6. The molecule has 0 saturated carbocycles. The second-order valence-electron chi connectivity index (χ2n) is 4.59. The van der Waals surface area contributed by atoms with E-state index in [1.807, 2.05) is 0 Å². The average Bonchev–Trinajstić information content (AvgIpc) is 2.34. The molecule has 0 aromatic carbocycles. The van der Waals surface area contributed by atoms with Crippen LogP contribution >= 0.6 is 23.4 Å². The highest BCUT2D eigenvalue weighted by Gasteiger charge is 2.81. The molecule has 0 radical (unpaired) electrons. The van der Waals surface area contributed by atoms with Crippen molar-refractivity contribution < 1.29 is 44.3 Å². The monoisotopic (exact) mass is 398 g/mol. The van der Waals surface area contributed by atoms with Crippen molar-refractivity contribution in [3.63, 3.8) is 0 Å². The lowest BCUT2D eigenvalue weighted by Crippen LogP contribution is -2.61. The van der Waals surface area contributed by atoms with E-state index in [4.69, 9.17) is 11.6 Å². The van der Waals surface area contributed by atoms with Gasteiger partial charge in [-0.2, -0.15) is 39.5 Å². The van der Waals surface area contributed by atoms with Crippen LogP contribution in [0.4, 0.5) is 39.5 Å². The van der Waals surface area contributed by atoms with Crippen molar-refractivity contribution in [2.24, 2.45) is 0 Å². The van der Waals surface area contributed by atoms with Crippen molar-refractivity contribution in [2.75, 3.05) is 5.75 Å². The minimum Gasteiger partial charge on any atom is -0.287 e. The highest BCUT2D eigenvalue weighted by atomic mass is 35.5. The Hall–Kier alpha value is -0.320. The maximum Gasteiger partial charge on any atom is 0.460 e. The van der Waals surface area contributed by atoms with Crippen LogP contribution in [0, 0.1) is 0 Å². The lowest BCUT2D eigenvalue weighted by molar-refractivity contribution is -0.396. The van der Waals surface area contributed by atoms with E-state index in [0.717, 1.165) is 0 Å². The van der Waals surface area contributed by atoms with E-state index >= 15 is 0 Å². The van der Waals surface area contributed by atoms with Crippen LogP contribution in [-0.2, 0) is 4.79 Å². The molecule has 0 rings (SSSR count). The molecule has 0 heterocycles. The minimum atomic E-state index is -6.93. The predicted octanol–water partition coefficient (Wildman–Crippen LogP) is 5.51. The van der Waals surface area contributed by atoms with Gasteiger partial charge in [-0.15, -0.1) is 11.6 Å². The minimum absolute atomic E-state index is 0.0486. The van der Waals surface area contributed by atoms with E-state index in [1.54, 1.807) is 6.92 Å². The van der Waals surface area contributed by atoms with Gasteiger partial charge in [0.25, 0.3) is 0 Å². The van der Waals surface area contributed by atoms with Gasteiger partial charge in [0.05, 0.1) is 0 Å². The first-order valence-corrected chi connectivity index (χ1v) is 7.52. The molecule has 0 N–H and O–H groups in total. The maximum absolute atomic E-state index is 13.2. The van der Waals surface area contributed by atoms with Crippen LogP contribution in [0.15, 0.2) is 0 Å². The van der Waals surface area contributed by atoms with Gasteiger partial charge in [0, 0.05) is 24.0 Å². The fourth-order valence-corrected chi connectivity index (χ4v) is 2.55. The molecule has 1 nitrogen and oxygen atoms in total. The van der Waals surface area contributed by atoms with Gasteiger partial charge in [0.1, 0.15) is 0 Å². The maximum atomic E-state index is 13.2. The third-order valence-electron chi connectivity index (χ3n) is 2.57. The zero-order valence-electron chi connectivity index (χ0n) is 11.5. The van der Waals surface area contributed by atoms with Crippen molar-refractivity contribution in [1.82, 2.24) is 0 Å². The first-order valence-electron chi connectivity index (χ1n) is 6.10. The van der Waals surface area contributed by atoms with Crippen LogP contribution in [0.5, 0.6) is 0 Å². The van der Waals surface area contributed by atoms with Crippen LogP contribution in [0.3, 0.4) is 0 Å². The fourth-order valence-electron chi connectivity index (χ4n) is 1.33. The summed E-state index contributed by atoms with van der Waals surface area (Å²) in [4.78, 5) is 11.1. The molecule has 0 amide bonds. The Kier molecular flexibility index (Phi) is 7.60. The molecule has 1 atom stereocenters. The van der Waals surface area contributed by atoms with Crippen LogP contribution in [0.2, 0.25) is 0 Å². The Morgan fingerprint density at radius 3 is 1.87 bits per heavy atom. The number of hydrogen-bond acceptors (Lipinski definition) is 2. The van der Waals surface area contributed by atoms with Gasteiger partial charge in [0.2, 0.25) is 0 Å². The first-order chi connectivity index (χ1) is 10.1. The van der Waals surface area contributed by atoms with Crippen LogP contribution in [0.1, 0.15) is 26.2 Å². The summed E-state index contributed by atoms with van der Waals surface area (Å²) >= 11 is 5.68. The number of carbonyl (C=O) groups is 1. The van der Waals surface area contributed by atoms with E-state index in [1.165, 1.54) is 0 Å². The van der Waals surface area contributed by atoms with Crippen molar-refractivity contribution in [3.8, 4) is 0 Å². The summed E-state index contributed by atoms with van der Waals surface area (Å²) in [6.45, 7) is 1.63. The molecule has 0 aliphatic rings. The quantitative estimate of drug-likeness (QED) is 0.396. The zero-order chi connectivity index (χ0) is 18.7. The average molecular weight is 399 g/mol. The highest BCUT2D eigenvalue weighted by Crippen LogP contribution is 2.54. The van der Waals surface area contributed by atoms with Gasteiger partial charge in [-0.25, -0.2) is 0 Å². The molecular formula is C11H12ClF9OS. The van der Waals surface area contributed by atoms with Crippen molar-refractivity contribution in [2.45, 2.75) is 55.5 Å². The second kappa shape index (κ2) is 7.71. The third-order valence-corrected chi connectivity index (χ3v) is 4.15. The van der Waals surface area contributed by atoms with E-state index in [2.05, 4.69) is 0 Å². The second-order valence-corrected chi connectivity index (χ2v) is 6.28.